The first-order valence-corrected chi connectivity index (χ1v) is 2.92. The molecular weight excluding hydrogens is 106 g/mol. The standard InChI is InChI=1S/C5H6NS/c1-4-5(2)7-3-6-4/h1-2H3/q+1. The Morgan fingerprint density at radius 2 is 2.29 bits per heavy atom. The van der Waals surface area contributed by atoms with Gasteiger partial charge in [0.05, 0.1) is 0 Å². The Kier molecular flexibility index (Phi) is 1.13. The van der Waals surface area contributed by atoms with E-state index in [0.717, 1.165) is 5.70 Å². The van der Waals surface area contributed by atoms with Crippen molar-refractivity contribution >= 4 is 17.3 Å². The molecule has 1 aliphatic heterocycles. The molecule has 0 aliphatic carbocycles. The molecule has 0 bridgehead atoms. The Morgan fingerprint density at radius 3 is 2.43 bits per heavy atom. The van der Waals surface area contributed by atoms with E-state index < -0.39 is 0 Å². The van der Waals surface area contributed by atoms with Gasteiger partial charge in [-0.2, -0.15) is 0 Å². The summed E-state index contributed by atoms with van der Waals surface area (Å²) in [6.45, 7) is 4.03. The Bertz CT molecular complexity index is 135. The third kappa shape index (κ3) is 0.817. The molecule has 0 spiro atoms. The molecule has 0 aromatic heterocycles. The van der Waals surface area contributed by atoms with Gasteiger partial charge >= 0.3 is 0 Å². The SMILES string of the molecule is CC1=C(C)S[C+]=N1. The fraction of sp³-hybridized carbons (Fsp3) is 0.400. The lowest BCUT2D eigenvalue weighted by atomic mass is 10.5. The summed E-state index contributed by atoms with van der Waals surface area (Å²) in [6, 6.07) is 0. The van der Waals surface area contributed by atoms with Gasteiger partial charge in [0.2, 0.25) is 0 Å². The van der Waals surface area contributed by atoms with Crippen LogP contribution in [0.3, 0.4) is 0 Å². The molecule has 1 nitrogen and oxygen atoms in total. The fourth-order valence-corrected chi connectivity index (χ4v) is 0.825. The van der Waals surface area contributed by atoms with Crippen LogP contribution < -0.4 is 0 Å². The van der Waals surface area contributed by atoms with E-state index in [1.807, 2.05) is 13.8 Å². The zero-order valence-corrected chi connectivity index (χ0v) is 5.17. The van der Waals surface area contributed by atoms with Crippen LogP contribution in [-0.4, -0.2) is 5.55 Å². The molecule has 0 N–H and O–H groups in total. The molecule has 2 heteroatoms. The summed E-state index contributed by atoms with van der Waals surface area (Å²) >= 11 is 1.57. The first kappa shape index (κ1) is 4.82. The summed E-state index contributed by atoms with van der Waals surface area (Å²) in [4.78, 5) is 5.17. The van der Waals surface area contributed by atoms with E-state index in [9.17, 15) is 0 Å². The molecule has 0 atom stereocenters. The highest BCUT2D eigenvalue weighted by atomic mass is 32.2. The van der Waals surface area contributed by atoms with Gasteiger partial charge in [-0.05, 0) is 6.92 Å². The van der Waals surface area contributed by atoms with Crippen LogP contribution in [0.15, 0.2) is 15.6 Å². The molecule has 0 unspecified atom stereocenters. The summed E-state index contributed by atoms with van der Waals surface area (Å²) in [5.41, 5.74) is 3.89. The van der Waals surface area contributed by atoms with Crippen molar-refractivity contribution in [3.8, 4) is 0 Å². The van der Waals surface area contributed by atoms with Gasteiger partial charge in [0.15, 0.2) is 5.70 Å². The highest BCUT2D eigenvalue weighted by Crippen LogP contribution is 2.22. The Balaban J connectivity index is 2.79. The summed E-state index contributed by atoms with van der Waals surface area (Å²) in [5, 5.41) is 0. The molecule has 0 fully saturated rings. The lowest BCUT2D eigenvalue weighted by Gasteiger charge is -1.71. The van der Waals surface area contributed by atoms with E-state index in [0.29, 0.717) is 0 Å². The Morgan fingerprint density at radius 1 is 1.57 bits per heavy atom. The van der Waals surface area contributed by atoms with Crippen molar-refractivity contribution in [2.75, 3.05) is 0 Å². The van der Waals surface area contributed by atoms with Crippen LogP contribution in [0.2, 0.25) is 0 Å². The molecule has 0 aromatic rings. The first-order chi connectivity index (χ1) is 3.30. The second-order valence-corrected chi connectivity index (χ2v) is 2.45. The van der Waals surface area contributed by atoms with Crippen LogP contribution >= 0.6 is 11.8 Å². The van der Waals surface area contributed by atoms with Crippen molar-refractivity contribution in [3.63, 3.8) is 0 Å². The van der Waals surface area contributed by atoms with Gasteiger partial charge < -0.3 is 0 Å². The maximum Gasteiger partial charge on any atom is 0.272 e. The minimum Gasteiger partial charge on any atom is -0.00940 e. The molecule has 0 saturated carbocycles. The molecule has 0 amide bonds. The first-order valence-electron chi connectivity index (χ1n) is 2.11. The van der Waals surface area contributed by atoms with Crippen LogP contribution in [0.1, 0.15) is 13.8 Å². The number of hydrogen-bond donors (Lipinski definition) is 0. The molecule has 0 aromatic carbocycles. The summed E-state index contributed by atoms with van der Waals surface area (Å²) in [6.07, 6.45) is 0. The molecule has 36 valence electrons. The minimum absolute atomic E-state index is 1.10. The van der Waals surface area contributed by atoms with Crippen molar-refractivity contribution in [2.24, 2.45) is 4.99 Å². The zero-order chi connectivity index (χ0) is 5.28. The second-order valence-electron chi connectivity index (χ2n) is 1.45. The second kappa shape index (κ2) is 1.65. The topological polar surface area (TPSA) is 12.4 Å². The van der Waals surface area contributed by atoms with Crippen LogP contribution in [-0.2, 0) is 0 Å². The van der Waals surface area contributed by atoms with Crippen molar-refractivity contribution < 1.29 is 0 Å². The Labute approximate surface area is 47.5 Å². The maximum absolute atomic E-state index is 3.91. The van der Waals surface area contributed by atoms with Crippen LogP contribution in [0, 0.1) is 0 Å². The average Bonchev–Trinajstić information content (AvgIpc) is 1.91. The molecule has 1 rings (SSSR count). The van der Waals surface area contributed by atoms with E-state index in [-0.39, 0.29) is 0 Å². The minimum atomic E-state index is 1.10. The predicted molar refractivity (Wildman–Crippen MR) is 33.4 cm³/mol. The molecule has 0 saturated heterocycles. The molecule has 1 aliphatic rings. The third-order valence-electron chi connectivity index (χ3n) is 0.922. The largest absolute Gasteiger partial charge is 0.272 e. The average molecular weight is 112 g/mol. The number of aliphatic imine (C=N–C) groups is 1. The van der Waals surface area contributed by atoms with Gasteiger partial charge in [0.1, 0.15) is 16.7 Å². The number of nitrogens with zero attached hydrogens (tertiary/aromatic N) is 1. The van der Waals surface area contributed by atoms with Gasteiger partial charge in [-0.25, -0.2) is 0 Å². The fourth-order valence-electron chi connectivity index (χ4n) is 0.312. The lowest BCUT2D eigenvalue weighted by Crippen LogP contribution is -1.62. The van der Waals surface area contributed by atoms with E-state index >= 15 is 0 Å². The van der Waals surface area contributed by atoms with Gasteiger partial charge in [-0.1, -0.05) is 0 Å². The van der Waals surface area contributed by atoms with E-state index in [4.69, 9.17) is 0 Å². The Hall–Kier alpha value is -0.330. The number of hydrogen-bond acceptors (Lipinski definition) is 2. The van der Waals surface area contributed by atoms with E-state index in [2.05, 4.69) is 10.5 Å². The van der Waals surface area contributed by atoms with Gasteiger partial charge in [0, 0.05) is 11.9 Å². The highest BCUT2D eigenvalue weighted by Gasteiger charge is 2.13. The predicted octanol–water partition coefficient (Wildman–Crippen LogP) is 1.89. The highest BCUT2D eigenvalue weighted by molar-refractivity contribution is 8.15. The maximum atomic E-state index is 3.91. The monoisotopic (exact) mass is 112 g/mol. The van der Waals surface area contributed by atoms with E-state index in [1.165, 1.54) is 4.91 Å². The van der Waals surface area contributed by atoms with Crippen molar-refractivity contribution in [3.05, 3.63) is 10.6 Å². The summed E-state index contributed by atoms with van der Waals surface area (Å²) in [7, 11) is 0. The van der Waals surface area contributed by atoms with Gasteiger partial charge in [-0.3, -0.25) is 0 Å². The molecular formula is C5H6NS+. The quantitative estimate of drug-likeness (QED) is 0.436. The van der Waals surface area contributed by atoms with Crippen molar-refractivity contribution in [2.45, 2.75) is 13.8 Å². The molecule has 0 radical (unpaired) electrons. The summed E-state index contributed by atoms with van der Waals surface area (Å²) in [5.74, 6) is 0. The number of allylic oxidation sites excluding steroid dienone is 2. The van der Waals surface area contributed by atoms with Crippen LogP contribution in [0.4, 0.5) is 0 Å². The van der Waals surface area contributed by atoms with E-state index in [1.54, 1.807) is 11.8 Å². The van der Waals surface area contributed by atoms with Gasteiger partial charge in [0.25, 0.3) is 5.55 Å². The summed E-state index contributed by atoms with van der Waals surface area (Å²) < 4.78 is 0. The van der Waals surface area contributed by atoms with Crippen LogP contribution in [0.25, 0.3) is 0 Å². The smallest absolute Gasteiger partial charge is 0.00940 e. The van der Waals surface area contributed by atoms with Crippen molar-refractivity contribution in [1.82, 2.24) is 0 Å². The zero-order valence-electron chi connectivity index (χ0n) is 4.36. The number of thioether (sulfide) groups is 1. The van der Waals surface area contributed by atoms with Gasteiger partial charge in [-0.15, -0.1) is 0 Å². The normalized spacial score (nSPS) is 18.0. The number of rotatable bonds is 0. The van der Waals surface area contributed by atoms with Crippen LogP contribution in [0.5, 0.6) is 0 Å². The van der Waals surface area contributed by atoms with Crippen molar-refractivity contribution in [1.29, 1.82) is 0 Å². The molecule has 7 heavy (non-hydrogen) atoms. The third-order valence-corrected chi connectivity index (χ3v) is 1.71. The lowest BCUT2D eigenvalue weighted by molar-refractivity contribution is 1.30. The molecule has 1 heterocycles.